The summed E-state index contributed by atoms with van der Waals surface area (Å²) in [7, 11) is 0. The summed E-state index contributed by atoms with van der Waals surface area (Å²) in [6, 6.07) is 0.712. The maximum atomic E-state index is 3.62. The van der Waals surface area contributed by atoms with Crippen LogP contribution in [0.2, 0.25) is 0 Å². The average molecular weight is 193 g/mol. The Hall–Kier alpha value is -0.480. The van der Waals surface area contributed by atoms with Crippen LogP contribution in [0.5, 0.6) is 0 Å². The van der Waals surface area contributed by atoms with Crippen LogP contribution in [0.4, 0.5) is 0 Å². The highest BCUT2D eigenvalue weighted by atomic mass is 14.9. The molecule has 0 radical (unpaired) electrons. The van der Waals surface area contributed by atoms with Gasteiger partial charge < -0.3 is 5.32 Å². The minimum absolute atomic E-state index is 0.535. The summed E-state index contributed by atoms with van der Waals surface area (Å²) in [4.78, 5) is 0. The Morgan fingerprint density at radius 1 is 1.36 bits per heavy atom. The topological polar surface area (TPSA) is 12.0 Å². The van der Waals surface area contributed by atoms with E-state index in [0.717, 1.165) is 18.9 Å². The van der Waals surface area contributed by atoms with Gasteiger partial charge in [0, 0.05) is 19.0 Å². The summed E-state index contributed by atoms with van der Waals surface area (Å²) in [5, 5.41) is 3.62. The molecule has 80 valence electrons. The lowest BCUT2D eigenvalue weighted by molar-refractivity contribution is 0.362. The summed E-state index contributed by atoms with van der Waals surface area (Å²) < 4.78 is 0. The molecule has 0 bridgehead atoms. The van der Waals surface area contributed by atoms with Gasteiger partial charge >= 0.3 is 0 Å². The molecule has 0 saturated heterocycles. The lowest BCUT2D eigenvalue weighted by Crippen LogP contribution is -2.32. The second-order valence-corrected chi connectivity index (χ2v) is 5.29. The van der Waals surface area contributed by atoms with Crippen LogP contribution >= 0.6 is 0 Å². The van der Waals surface area contributed by atoms with Crippen molar-refractivity contribution >= 4 is 0 Å². The second kappa shape index (κ2) is 4.84. The first-order valence-electron chi connectivity index (χ1n) is 5.68. The summed E-state index contributed by atoms with van der Waals surface area (Å²) in [6.45, 7) is 10.1. The fourth-order valence-electron chi connectivity index (χ4n) is 2.61. The normalized spacial score (nSPS) is 29.7. The van der Waals surface area contributed by atoms with Crippen LogP contribution in [0, 0.1) is 23.2 Å². The number of hydrogen-bond acceptors (Lipinski definition) is 1. The van der Waals surface area contributed by atoms with Gasteiger partial charge in [-0.25, -0.2) is 0 Å². The highest BCUT2D eigenvalue weighted by Gasteiger charge is 2.35. The Bertz CT molecular complexity index is 231. The molecule has 0 aromatic rings. The maximum absolute atomic E-state index is 3.62. The summed E-state index contributed by atoms with van der Waals surface area (Å²) in [6.07, 6.45) is 3.65. The van der Waals surface area contributed by atoms with Gasteiger partial charge in [0.2, 0.25) is 0 Å². The van der Waals surface area contributed by atoms with Crippen molar-refractivity contribution < 1.29 is 0 Å². The van der Waals surface area contributed by atoms with E-state index in [1.165, 1.54) is 12.8 Å². The van der Waals surface area contributed by atoms with E-state index in [-0.39, 0.29) is 0 Å². The molecule has 0 heterocycles. The van der Waals surface area contributed by atoms with Gasteiger partial charge in [-0.05, 0) is 31.1 Å². The third-order valence-corrected chi connectivity index (χ3v) is 3.17. The van der Waals surface area contributed by atoms with E-state index < -0.39 is 0 Å². The zero-order valence-electron chi connectivity index (χ0n) is 9.98. The highest BCUT2D eigenvalue weighted by molar-refractivity contribution is 4.96. The predicted octanol–water partition coefficient (Wildman–Crippen LogP) is 2.81. The summed E-state index contributed by atoms with van der Waals surface area (Å²) in [5.74, 6) is 6.84. The van der Waals surface area contributed by atoms with Gasteiger partial charge in [-0.1, -0.05) is 20.8 Å². The van der Waals surface area contributed by atoms with Crippen LogP contribution in [0.1, 0.15) is 47.0 Å². The molecule has 1 rings (SSSR count). The van der Waals surface area contributed by atoms with Crippen molar-refractivity contribution in [2.24, 2.45) is 11.3 Å². The van der Waals surface area contributed by atoms with E-state index in [4.69, 9.17) is 0 Å². The molecule has 1 aliphatic carbocycles. The van der Waals surface area contributed by atoms with Crippen LogP contribution in [0.3, 0.4) is 0 Å². The van der Waals surface area contributed by atoms with Gasteiger partial charge in [0.15, 0.2) is 0 Å². The Morgan fingerprint density at radius 2 is 2.07 bits per heavy atom. The zero-order valence-corrected chi connectivity index (χ0v) is 9.98. The molecule has 14 heavy (non-hydrogen) atoms. The molecular formula is C13H23N. The monoisotopic (exact) mass is 193 g/mol. The molecule has 0 spiro atoms. The third kappa shape index (κ3) is 3.35. The van der Waals surface area contributed by atoms with Gasteiger partial charge in [-0.15, -0.1) is 11.8 Å². The minimum atomic E-state index is 0.535. The van der Waals surface area contributed by atoms with Crippen LogP contribution in [0.25, 0.3) is 0 Å². The Morgan fingerprint density at radius 3 is 2.57 bits per heavy atom. The van der Waals surface area contributed by atoms with Crippen molar-refractivity contribution in [3.05, 3.63) is 0 Å². The lowest BCUT2D eigenvalue weighted by atomic mass is 9.91. The van der Waals surface area contributed by atoms with Gasteiger partial charge in [-0.3, -0.25) is 0 Å². The predicted molar refractivity (Wildman–Crippen MR) is 62.0 cm³/mol. The number of hydrogen-bond donors (Lipinski definition) is 1. The molecule has 1 saturated carbocycles. The van der Waals surface area contributed by atoms with Crippen molar-refractivity contribution in [1.82, 2.24) is 5.32 Å². The van der Waals surface area contributed by atoms with Crippen molar-refractivity contribution in [2.75, 3.05) is 6.54 Å². The SMILES string of the molecule is CC#CCCNC1CC(C)(C)CC1C. The molecule has 1 nitrogen and oxygen atoms in total. The lowest BCUT2D eigenvalue weighted by Gasteiger charge is -2.17. The zero-order chi connectivity index (χ0) is 10.6. The third-order valence-electron chi connectivity index (χ3n) is 3.17. The molecule has 1 fully saturated rings. The maximum Gasteiger partial charge on any atom is 0.0214 e. The van der Waals surface area contributed by atoms with E-state index in [1.54, 1.807) is 0 Å². The number of nitrogens with one attached hydrogen (secondary N) is 1. The summed E-state index contributed by atoms with van der Waals surface area (Å²) >= 11 is 0. The van der Waals surface area contributed by atoms with E-state index >= 15 is 0 Å². The van der Waals surface area contributed by atoms with Crippen LogP contribution in [-0.2, 0) is 0 Å². The van der Waals surface area contributed by atoms with E-state index in [9.17, 15) is 0 Å². The first-order chi connectivity index (χ1) is 6.55. The first kappa shape index (κ1) is 11.6. The van der Waals surface area contributed by atoms with Crippen LogP contribution < -0.4 is 5.32 Å². The Balaban J connectivity index is 2.27. The Kier molecular flexibility index (Phi) is 4.01. The van der Waals surface area contributed by atoms with Crippen molar-refractivity contribution in [3.8, 4) is 11.8 Å². The van der Waals surface area contributed by atoms with Gasteiger partial charge in [0.1, 0.15) is 0 Å². The fraction of sp³-hybridized carbons (Fsp3) is 0.846. The fourth-order valence-corrected chi connectivity index (χ4v) is 2.61. The smallest absolute Gasteiger partial charge is 0.0214 e. The Labute approximate surface area is 88.7 Å². The molecule has 1 aliphatic rings. The van der Waals surface area contributed by atoms with E-state index in [1.807, 2.05) is 6.92 Å². The van der Waals surface area contributed by atoms with Crippen LogP contribution in [-0.4, -0.2) is 12.6 Å². The standard InChI is InChI=1S/C13H23N/c1-5-6-7-8-14-12-10-13(3,4)9-11(12)2/h11-12,14H,7-10H2,1-4H3. The minimum Gasteiger partial charge on any atom is -0.313 e. The van der Waals surface area contributed by atoms with Crippen molar-refractivity contribution in [2.45, 2.75) is 53.0 Å². The van der Waals surface area contributed by atoms with Gasteiger partial charge in [0.05, 0.1) is 0 Å². The van der Waals surface area contributed by atoms with E-state index in [0.29, 0.717) is 11.5 Å². The summed E-state index contributed by atoms with van der Waals surface area (Å²) in [5.41, 5.74) is 0.535. The van der Waals surface area contributed by atoms with Gasteiger partial charge in [0.25, 0.3) is 0 Å². The average Bonchev–Trinajstić information content (AvgIpc) is 2.34. The first-order valence-corrected chi connectivity index (χ1v) is 5.68. The van der Waals surface area contributed by atoms with Crippen LogP contribution in [0.15, 0.2) is 0 Å². The molecule has 1 heteroatoms. The molecule has 2 unspecified atom stereocenters. The molecule has 0 amide bonds. The molecular weight excluding hydrogens is 170 g/mol. The van der Waals surface area contributed by atoms with Gasteiger partial charge in [-0.2, -0.15) is 0 Å². The highest BCUT2D eigenvalue weighted by Crippen LogP contribution is 2.40. The molecule has 0 aromatic heterocycles. The largest absolute Gasteiger partial charge is 0.313 e. The molecule has 0 aromatic carbocycles. The molecule has 0 aliphatic heterocycles. The quantitative estimate of drug-likeness (QED) is 0.537. The number of rotatable bonds is 3. The molecule has 2 atom stereocenters. The van der Waals surface area contributed by atoms with Crippen molar-refractivity contribution in [3.63, 3.8) is 0 Å². The van der Waals surface area contributed by atoms with E-state index in [2.05, 4.69) is 37.9 Å². The van der Waals surface area contributed by atoms with Crippen molar-refractivity contribution in [1.29, 1.82) is 0 Å². The second-order valence-electron chi connectivity index (χ2n) is 5.29. The molecule has 1 N–H and O–H groups in total.